The molecule has 1 amide bonds. The number of nitrogens with zero attached hydrogens (tertiary/aromatic N) is 4. The van der Waals surface area contributed by atoms with E-state index in [0.29, 0.717) is 17.2 Å². The number of morpholine rings is 1. The maximum atomic E-state index is 13.8. The number of aryl methyl sites for hydroxylation is 1. The molecule has 2 aromatic carbocycles. The van der Waals surface area contributed by atoms with Crippen LogP contribution in [-0.4, -0.2) is 81.0 Å². The van der Waals surface area contributed by atoms with Gasteiger partial charge >= 0.3 is 0 Å². The van der Waals surface area contributed by atoms with Gasteiger partial charge in [0.05, 0.1) is 28.3 Å². The monoisotopic (exact) mass is 542 g/mol. The minimum atomic E-state index is -3.56. The molecule has 0 N–H and O–H groups in total. The van der Waals surface area contributed by atoms with E-state index in [0.717, 1.165) is 74.3 Å². The largest absolute Gasteiger partial charge is 0.379 e. The number of thiazole rings is 1. The van der Waals surface area contributed by atoms with Crippen molar-refractivity contribution in [1.82, 2.24) is 14.2 Å². The lowest BCUT2D eigenvalue weighted by Crippen LogP contribution is -2.39. The number of carbonyl (C=O) groups is 1. The molecule has 10 heteroatoms. The number of sulfonamides is 1. The summed E-state index contributed by atoms with van der Waals surface area (Å²) in [7, 11) is -1.93. The van der Waals surface area contributed by atoms with Crippen LogP contribution in [0.3, 0.4) is 0 Å². The van der Waals surface area contributed by atoms with E-state index in [9.17, 15) is 13.2 Å². The smallest absolute Gasteiger partial charge is 0.260 e. The first-order chi connectivity index (χ1) is 17.9. The number of hydrogen-bond acceptors (Lipinski definition) is 7. The van der Waals surface area contributed by atoms with Gasteiger partial charge in [-0.25, -0.2) is 13.4 Å². The third-order valence-corrected chi connectivity index (χ3v) is 10.1. The molecule has 2 aliphatic rings. The van der Waals surface area contributed by atoms with Gasteiger partial charge in [-0.2, -0.15) is 4.31 Å². The highest BCUT2D eigenvalue weighted by Gasteiger charge is 2.35. The molecule has 1 aliphatic carbocycles. The number of ether oxygens (including phenoxy) is 1. The SMILES string of the molecule is CCc1cccc2sc(N(CCCN3CCOCC3)C(=O)c3ccc(S(=O)(=O)N(C)C4CC4)cc3)nc12. The Hall–Kier alpha value is -2.37. The number of carbonyl (C=O) groups excluding carboxylic acids is 1. The highest BCUT2D eigenvalue weighted by atomic mass is 32.2. The maximum absolute atomic E-state index is 13.8. The summed E-state index contributed by atoms with van der Waals surface area (Å²) in [4.78, 5) is 23.0. The number of hydrogen-bond donors (Lipinski definition) is 0. The maximum Gasteiger partial charge on any atom is 0.260 e. The predicted molar refractivity (Wildman–Crippen MR) is 147 cm³/mol. The van der Waals surface area contributed by atoms with Crippen LogP contribution in [0.15, 0.2) is 47.4 Å². The van der Waals surface area contributed by atoms with Crippen LogP contribution in [-0.2, 0) is 21.2 Å². The number of fused-ring (bicyclic) bond motifs is 1. The number of para-hydroxylation sites is 1. The van der Waals surface area contributed by atoms with E-state index in [1.165, 1.54) is 15.6 Å². The first kappa shape index (κ1) is 26.2. The van der Waals surface area contributed by atoms with Crippen LogP contribution in [0.1, 0.15) is 42.1 Å². The quantitative estimate of drug-likeness (QED) is 0.385. The zero-order valence-corrected chi connectivity index (χ0v) is 23.1. The highest BCUT2D eigenvalue weighted by Crippen LogP contribution is 2.33. The Morgan fingerprint density at radius 2 is 1.86 bits per heavy atom. The zero-order valence-electron chi connectivity index (χ0n) is 21.4. The molecular weight excluding hydrogens is 508 g/mol. The van der Waals surface area contributed by atoms with Crippen molar-refractivity contribution >= 4 is 42.6 Å². The van der Waals surface area contributed by atoms with E-state index in [1.807, 2.05) is 12.1 Å². The number of amides is 1. The van der Waals surface area contributed by atoms with Gasteiger partial charge in [0.2, 0.25) is 10.0 Å². The van der Waals surface area contributed by atoms with Crippen LogP contribution in [0.25, 0.3) is 10.2 Å². The van der Waals surface area contributed by atoms with Crippen molar-refractivity contribution < 1.29 is 17.9 Å². The van der Waals surface area contributed by atoms with E-state index in [-0.39, 0.29) is 16.8 Å². The molecule has 198 valence electrons. The lowest BCUT2D eigenvalue weighted by atomic mass is 10.1. The van der Waals surface area contributed by atoms with Gasteiger partial charge < -0.3 is 4.74 Å². The van der Waals surface area contributed by atoms with Gasteiger partial charge in [-0.15, -0.1) is 0 Å². The van der Waals surface area contributed by atoms with Crippen LogP contribution in [0.4, 0.5) is 5.13 Å². The van der Waals surface area contributed by atoms with Gasteiger partial charge in [0.1, 0.15) is 0 Å². The number of benzene rings is 2. The Morgan fingerprint density at radius 1 is 1.14 bits per heavy atom. The molecule has 0 atom stereocenters. The molecule has 0 radical (unpaired) electrons. The summed E-state index contributed by atoms with van der Waals surface area (Å²) in [6.45, 7) is 6.80. The van der Waals surface area contributed by atoms with Crippen molar-refractivity contribution in [3.05, 3.63) is 53.6 Å². The number of rotatable bonds is 10. The summed E-state index contributed by atoms with van der Waals surface area (Å²) < 4.78 is 33.8. The first-order valence-corrected chi connectivity index (χ1v) is 15.2. The fraction of sp³-hybridized carbons (Fsp3) is 0.481. The minimum Gasteiger partial charge on any atom is -0.379 e. The summed E-state index contributed by atoms with van der Waals surface area (Å²) in [6.07, 6.45) is 3.47. The normalized spacial score (nSPS) is 16.9. The number of aromatic nitrogens is 1. The van der Waals surface area contributed by atoms with Crippen LogP contribution < -0.4 is 4.90 Å². The van der Waals surface area contributed by atoms with Gasteiger partial charge in [-0.1, -0.05) is 30.4 Å². The lowest BCUT2D eigenvalue weighted by Gasteiger charge is -2.27. The molecular formula is C27H34N4O4S2. The fourth-order valence-electron chi connectivity index (χ4n) is 4.68. The van der Waals surface area contributed by atoms with E-state index in [2.05, 4.69) is 17.9 Å². The molecule has 0 bridgehead atoms. The number of anilines is 1. The van der Waals surface area contributed by atoms with E-state index >= 15 is 0 Å². The average molecular weight is 543 g/mol. The average Bonchev–Trinajstić information content (AvgIpc) is 3.68. The van der Waals surface area contributed by atoms with Crippen LogP contribution >= 0.6 is 11.3 Å². The molecule has 1 saturated heterocycles. The predicted octanol–water partition coefficient (Wildman–Crippen LogP) is 4.01. The summed E-state index contributed by atoms with van der Waals surface area (Å²) in [6, 6.07) is 12.6. The molecule has 1 aliphatic heterocycles. The van der Waals surface area contributed by atoms with Gasteiger partial charge in [-0.05, 0) is 61.6 Å². The standard InChI is InChI=1S/C27H34N4O4S2/c1-3-20-6-4-7-24-25(20)28-27(36-24)31(15-5-14-30-16-18-35-19-17-30)26(32)21-8-12-23(13-9-21)37(33,34)29(2)22-10-11-22/h4,6-9,12-13,22H,3,5,10-11,14-19H2,1-2H3. The van der Waals surface area contributed by atoms with Gasteiger partial charge in [0.25, 0.3) is 5.91 Å². The summed E-state index contributed by atoms with van der Waals surface area (Å²) in [5.74, 6) is -0.168. The Morgan fingerprint density at radius 3 is 2.54 bits per heavy atom. The molecule has 1 saturated carbocycles. The Labute approximate surface area is 222 Å². The minimum absolute atomic E-state index is 0.0836. The van der Waals surface area contributed by atoms with Crippen molar-refractivity contribution in [2.45, 2.75) is 43.5 Å². The van der Waals surface area contributed by atoms with Crippen LogP contribution in [0.5, 0.6) is 0 Å². The zero-order chi connectivity index (χ0) is 26.0. The molecule has 5 rings (SSSR count). The third-order valence-electron chi connectivity index (χ3n) is 7.15. The summed E-state index contributed by atoms with van der Waals surface area (Å²) in [5.41, 5.74) is 2.56. The first-order valence-electron chi connectivity index (χ1n) is 13.0. The topological polar surface area (TPSA) is 83.0 Å². The molecule has 2 fully saturated rings. The third kappa shape index (κ3) is 5.73. The van der Waals surface area contributed by atoms with Crippen molar-refractivity contribution in [3.8, 4) is 0 Å². The van der Waals surface area contributed by atoms with Crippen LogP contribution in [0, 0.1) is 0 Å². The van der Waals surface area contributed by atoms with E-state index in [4.69, 9.17) is 9.72 Å². The fourth-order valence-corrected chi connectivity index (χ4v) is 7.14. The summed E-state index contributed by atoms with van der Waals surface area (Å²) >= 11 is 1.52. The second-order valence-electron chi connectivity index (χ2n) is 9.66. The van der Waals surface area contributed by atoms with Gasteiger partial charge in [0.15, 0.2) is 5.13 Å². The molecule has 37 heavy (non-hydrogen) atoms. The molecule has 3 aromatic rings. The Bertz CT molecular complexity index is 1350. The van der Waals surface area contributed by atoms with Crippen molar-refractivity contribution in [2.24, 2.45) is 0 Å². The molecule has 0 spiro atoms. The highest BCUT2D eigenvalue weighted by molar-refractivity contribution is 7.89. The molecule has 1 aromatic heterocycles. The summed E-state index contributed by atoms with van der Waals surface area (Å²) in [5, 5.41) is 0.674. The molecule has 2 heterocycles. The van der Waals surface area contributed by atoms with Crippen molar-refractivity contribution in [1.29, 1.82) is 0 Å². The van der Waals surface area contributed by atoms with E-state index in [1.54, 1.807) is 36.2 Å². The Kier molecular flexibility index (Phi) is 7.92. The van der Waals surface area contributed by atoms with Crippen molar-refractivity contribution in [3.63, 3.8) is 0 Å². The lowest BCUT2D eigenvalue weighted by molar-refractivity contribution is 0.0376. The second kappa shape index (κ2) is 11.2. The Balaban J connectivity index is 1.39. The van der Waals surface area contributed by atoms with Gasteiger partial charge in [-0.3, -0.25) is 14.6 Å². The van der Waals surface area contributed by atoms with E-state index < -0.39 is 10.0 Å². The second-order valence-corrected chi connectivity index (χ2v) is 12.7. The molecule has 8 nitrogen and oxygen atoms in total. The van der Waals surface area contributed by atoms with Crippen molar-refractivity contribution in [2.75, 3.05) is 51.3 Å². The van der Waals surface area contributed by atoms with Crippen LogP contribution in [0.2, 0.25) is 0 Å². The van der Waals surface area contributed by atoms with Gasteiger partial charge in [0, 0.05) is 44.8 Å². The molecule has 0 unspecified atom stereocenters.